The third-order valence-electron chi connectivity index (χ3n) is 5.63. The molecule has 3 rings (SSSR count). The Hall–Kier alpha value is -2.98. The molecule has 1 N–H and O–H groups in total. The Bertz CT molecular complexity index is 1120. The summed E-state index contributed by atoms with van der Waals surface area (Å²) in [4.78, 5) is 5.01. The predicted octanol–water partition coefficient (Wildman–Crippen LogP) is 7.80. The van der Waals surface area contributed by atoms with E-state index in [9.17, 15) is 9.50 Å². The number of aromatic nitrogens is 1. The van der Waals surface area contributed by atoms with Crippen LogP contribution in [0.2, 0.25) is 0 Å². The van der Waals surface area contributed by atoms with E-state index in [1.54, 1.807) is 13.0 Å². The van der Waals surface area contributed by atoms with E-state index < -0.39 is 6.10 Å². The van der Waals surface area contributed by atoms with Crippen LogP contribution in [0.3, 0.4) is 0 Å². The fourth-order valence-electron chi connectivity index (χ4n) is 4.14. The summed E-state index contributed by atoms with van der Waals surface area (Å²) in [6, 6.07) is 14.4. The summed E-state index contributed by atoms with van der Waals surface area (Å²) >= 11 is 0. The van der Waals surface area contributed by atoms with Gasteiger partial charge < -0.3 is 9.84 Å². The number of aliphatic hydroxyl groups excluding tert-OH is 1. The molecular formula is C29H34FNO2. The van der Waals surface area contributed by atoms with Crippen LogP contribution in [0.5, 0.6) is 5.75 Å². The molecule has 0 spiro atoms. The Morgan fingerprint density at radius 2 is 1.64 bits per heavy atom. The van der Waals surface area contributed by atoms with Crippen LogP contribution in [0.1, 0.15) is 87.6 Å². The van der Waals surface area contributed by atoms with Crippen molar-refractivity contribution in [2.75, 3.05) is 0 Å². The zero-order valence-corrected chi connectivity index (χ0v) is 20.4. The molecule has 4 heteroatoms. The van der Waals surface area contributed by atoms with Gasteiger partial charge in [-0.1, -0.05) is 70.2 Å². The number of benzene rings is 2. The molecule has 0 radical (unpaired) electrons. The molecule has 0 fully saturated rings. The van der Waals surface area contributed by atoms with Crippen molar-refractivity contribution in [3.05, 3.63) is 88.5 Å². The lowest BCUT2D eigenvalue weighted by atomic mass is 9.85. The van der Waals surface area contributed by atoms with Crippen molar-refractivity contribution in [3.8, 4) is 16.9 Å². The van der Waals surface area contributed by atoms with Gasteiger partial charge in [0.2, 0.25) is 0 Å². The lowest BCUT2D eigenvalue weighted by Gasteiger charge is -2.26. The number of allylic oxidation sites excluding steroid dienone is 1. The van der Waals surface area contributed by atoms with Gasteiger partial charge in [-0.3, -0.25) is 4.98 Å². The fourth-order valence-corrected chi connectivity index (χ4v) is 4.14. The molecule has 3 aromatic rings. The SMILES string of the molecule is C/C=C\c1c(C(C)C)nc(C(C)C)c([C@H](C)O)c1-c1ccc(F)cc1OCc1ccccc1. The second-order valence-electron chi connectivity index (χ2n) is 8.98. The van der Waals surface area contributed by atoms with Crippen molar-refractivity contribution in [1.29, 1.82) is 0 Å². The highest BCUT2D eigenvalue weighted by Gasteiger charge is 2.26. The minimum atomic E-state index is -0.748. The number of rotatable bonds is 8. The van der Waals surface area contributed by atoms with E-state index in [1.165, 1.54) is 12.1 Å². The van der Waals surface area contributed by atoms with Gasteiger partial charge in [-0.05, 0) is 43.4 Å². The van der Waals surface area contributed by atoms with Crippen molar-refractivity contribution in [2.45, 2.75) is 66.1 Å². The van der Waals surface area contributed by atoms with E-state index in [2.05, 4.69) is 27.7 Å². The highest BCUT2D eigenvalue weighted by atomic mass is 19.1. The molecule has 0 unspecified atom stereocenters. The highest BCUT2D eigenvalue weighted by molar-refractivity contribution is 5.84. The van der Waals surface area contributed by atoms with Gasteiger partial charge in [0.1, 0.15) is 18.2 Å². The van der Waals surface area contributed by atoms with Crippen LogP contribution in [0.25, 0.3) is 17.2 Å². The summed E-state index contributed by atoms with van der Waals surface area (Å²) in [6.07, 6.45) is 3.25. The van der Waals surface area contributed by atoms with Gasteiger partial charge in [-0.25, -0.2) is 4.39 Å². The number of aliphatic hydroxyl groups is 1. The lowest BCUT2D eigenvalue weighted by Crippen LogP contribution is -2.13. The van der Waals surface area contributed by atoms with Crippen molar-refractivity contribution in [1.82, 2.24) is 4.98 Å². The van der Waals surface area contributed by atoms with Gasteiger partial charge in [0.15, 0.2) is 0 Å². The molecule has 174 valence electrons. The first-order valence-corrected chi connectivity index (χ1v) is 11.6. The molecule has 2 aromatic carbocycles. The maximum atomic E-state index is 14.4. The van der Waals surface area contributed by atoms with Gasteiger partial charge in [-0.2, -0.15) is 0 Å². The Morgan fingerprint density at radius 3 is 2.21 bits per heavy atom. The average Bonchev–Trinajstić information content (AvgIpc) is 2.78. The quantitative estimate of drug-likeness (QED) is 0.383. The zero-order chi connectivity index (χ0) is 24.1. The van der Waals surface area contributed by atoms with Crippen LogP contribution >= 0.6 is 0 Å². The minimum absolute atomic E-state index is 0.111. The number of halogens is 1. The molecule has 0 amide bonds. The topological polar surface area (TPSA) is 42.4 Å². The average molecular weight is 448 g/mol. The predicted molar refractivity (Wildman–Crippen MR) is 134 cm³/mol. The van der Waals surface area contributed by atoms with Gasteiger partial charge >= 0.3 is 0 Å². The molecule has 0 aliphatic rings. The molecule has 33 heavy (non-hydrogen) atoms. The molecule has 0 bridgehead atoms. The number of hydrogen-bond acceptors (Lipinski definition) is 3. The van der Waals surface area contributed by atoms with Crippen LogP contribution in [-0.2, 0) is 6.61 Å². The van der Waals surface area contributed by atoms with E-state index >= 15 is 0 Å². The number of pyridine rings is 1. The van der Waals surface area contributed by atoms with E-state index in [1.807, 2.05) is 49.4 Å². The smallest absolute Gasteiger partial charge is 0.130 e. The summed E-state index contributed by atoms with van der Waals surface area (Å²) in [5, 5.41) is 10.9. The third-order valence-corrected chi connectivity index (χ3v) is 5.63. The second-order valence-corrected chi connectivity index (χ2v) is 8.98. The molecular weight excluding hydrogens is 413 g/mol. The summed E-state index contributed by atoms with van der Waals surface area (Å²) in [7, 11) is 0. The Balaban J connectivity index is 2.32. The monoisotopic (exact) mass is 447 g/mol. The van der Waals surface area contributed by atoms with Gasteiger partial charge in [-0.15, -0.1) is 0 Å². The third kappa shape index (κ3) is 5.51. The Labute approximate surface area is 197 Å². The minimum Gasteiger partial charge on any atom is -0.488 e. The molecule has 1 heterocycles. The fraction of sp³-hybridized carbons (Fsp3) is 0.345. The van der Waals surface area contributed by atoms with Crippen LogP contribution in [-0.4, -0.2) is 10.1 Å². The largest absolute Gasteiger partial charge is 0.488 e. The first-order valence-electron chi connectivity index (χ1n) is 11.6. The highest BCUT2D eigenvalue weighted by Crippen LogP contribution is 2.43. The first kappa shape index (κ1) is 24.7. The molecule has 0 aliphatic heterocycles. The lowest BCUT2D eigenvalue weighted by molar-refractivity contribution is 0.197. The van der Waals surface area contributed by atoms with Crippen molar-refractivity contribution in [2.24, 2.45) is 0 Å². The summed E-state index contributed by atoms with van der Waals surface area (Å²) in [6.45, 7) is 12.4. The Morgan fingerprint density at radius 1 is 0.970 bits per heavy atom. The van der Waals surface area contributed by atoms with Gasteiger partial charge in [0, 0.05) is 34.0 Å². The molecule has 3 nitrogen and oxygen atoms in total. The number of ether oxygens (including phenoxy) is 1. The molecule has 1 atom stereocenters. The maximum absolute atomic E-state index is 14.4. The van der Waals surface area contributed by atoms with E-state index in [0.717, 1.165) is 39.2 Å². The van der Waals surface area contributed by atoms with Crippen molar-refractivity contribution < 1.29 is 14.2 Å². The van der Waals surface area contributed by atoms with Crippen LogP contribution in [0.15, 0.2) is 54.6 Å². The molecule has 0 aliphatic carbocycles. The number of nitrogens with zero attached hydrogens (tertiary/aromatic N) is 1. The van der Waals surface area contributed by atoms with Gasteiger partial charge in [0.25, 0.3) is 0 Å². The van der Waals surface area contributed by atoms with Gasteiger partial charge in [0.05, 0.1) is 11.8 Å². The normalized spacial score (nSPS) is 12.7. The van der Waals surface area contributed by atoms with E-state index in [4.69, 9.17) is 9.72 Å². The zero-order valence-electron chi connectivity index (χ0n) is 20.4. The number of hydrogen-bond donors (Lipinski definition) is 1. The molecule has 0 saturated heterocycles. The van der Waals surface area contributed by atoms with Crippen LogP contribution < -0.4 is 4.74 Å². The van der Waals surface area contributed by atoms with Crippen LogP contribution in [0, 0.1) is 5.82 Å². The summed E-state index contributed by atoms with van der Waals surface area (Å²) in [5.41, 5.74) is 6.11. The summed E-state index contributed by atoms with van der Waals surface area (Å²) < 4.78 is 20.5. The maximum Gasteiger partial charge on any atom is 0.130 e. The van der Waals surface area contributed by atoms with Crippen molar-refractivity contribution >= 4 is 6.08 Å². The standard InChI is InChI=1S/C29H34FNO2/c1-7-11-24-27(26(20(6)32)29(19(4)5)31-28(24)18(2)3)23-15-14-22(30)16-25(23)33-17-21-12-9-8-10-13-21/h7-16,18-20,32H,17H2,1-6H3/b11-7-/t20-/m0/s1. The van der Waals surface area contributed by atoms with E-state index in [0.29, 0.717) is 12.4 Å². The van der Waals surface area contributed by atoms with Crippen molar-refractivity contribution in [3.63, 3.8) is 0 Å². The van der Waals surface area contributed by atoms with E-state index in [-0.39, 0.29) is 17.7 Å². The summed E-state index contributed by atoms with van der Waals surface area (Å²) in [5.74, 6) is 0.363. The Kier molecular flexibility index (Phi) is 8.04. The molecule has 0 saturated carbocycles. The first-order chi connectivity index (χ1) is 15.7. The molecule has 1 aromatic heterocycles. The second kappa shape index (κ2) is 10.8. The van der Waals surface area contributed by atoms with Crippen LogP contribution in [0.4, 0.5) is 4.39 Å².